The van der Waals surface area contributed by atoms with Crippen LogP contribution in [0.3, 0.4) is 0 Å². The molecule has 1 spiro atoms. The van der Waals surface area contributed by atoms with Gasteiger partial charge in [-0.15, -0.1) is 0 Å². The van der Waals surface area contributed by atoms with E-state index in [2.05, 4.69) is 71.1 Å². The number of nitrogens with one attached hydrogen (secondary N) is 1. The van der Waals surface area contributed by atoms with Crippen LogP contribution in [0.4, 0.5) is 0 Å². The Morgan fingerprint density at radius 3 is 2.52 bits per heavy atom. The highest BCUT2D eigenvalue weighted by Crippen LogP contribution is 2.50. The van der Waals surface area contributed by atoms with E-state index in [1.54, 1.807) is 0 Å². The Labute approximate surface area is 136 Å². The molecule has 0 saturated heterocycles. The van der Waals surface area contributed by atoms with Gasteiger partial charge in [0.25, 0.3) is 0 Å². The van der Waals surface area contributed by atoms with Crippen molar-refractivity contribution in [2.75, 3.05) is 0 Å². The molecule has 116 valence electrons. The van der Waals surface area contributed by atoms with E-state index in [9.17, 15) is 0 Å². The minimum atomic E-state index is -0.202. The van der Waals surface area contributed by atoms with E-state index in [0.29, 0.717) is 0 Å². The Morgan fingerprint density at radius 2 is 1.70 bits per heavy atom. The van der Waals surface area contributed by atoms with Crippen molar-refractivity contribution in [3.8, 4) is 5.75 Å². The summed E-state index contributed by atoms with van der Waals surface area (Å²) in [5.41, 5.74) is 7.11. The number of benzene rings is 2. The Hall–Kier alpha value is -2.26. The standard InChI is InChI=1S/C20H20N2O/c1-2-8-15(9-3-1)17-14-18-16-10-4-5-11-19(16)23-20(22(18)21-17)12-6-7-13-20/h1-5,8-11,14,18,21H,6-7,12-13H2/t18-/m0/s1. The molecule has 3 aliphatic rings. The van der Waals surface area contributed by atoms with Gasteiger partial charge >= 0.3 is 0 Å². The zero-order valence-electron chi connectivity index (χ0n) is 13.0. The number of nitrogens with zero attached hydrogens (tertiary/aromatic N) is 1. The summed E-state index contributed by atoms with van der Waals surface area (Å²) in [5.74, 6) is 1.04. The van der Waals surface area contributed by atoms with Crippen molar-refractivity contribution in [2.45, 2.75) is 37.5 Å². The molecule has 3 heteroatoms. The van der Waals surface area contributed by atoms with Crippen molar-refractivity contribution < 1.29 is 4.74 Å². The first-order valence-electron chi connectivity index (χ1n) is 8.47. The van der Waals surface area contributed by atoms with Crippen LogP contribution in [0.2, 0.25) is 0 Å². The first-order chi connectivity index (χ1) is 11.4. The first-order valence-corrected chi connectivity index (χ1v) is 8.47. The summed E-state index contributed by atoms with van der Waals surface area (Å²) in [4.78, 5) is 0. The third-order valence-electron chi connectivity index (χ3n) is 5.29. The summed E-state index contributed by atoms with van der Waals surface area (Å²) in [5, 5.41) is 2.35. The molecule has 3 nitrogen and oxygen atoms in total. The molecule has 5 rings (SSSR count). The average molecular weight is 304 g/mol. The number of fused-ring (bicyclic) bond motifs is 4. The highest BCUT2D eigenvalue weighted by molar-refractivity contribution is 5.67. The van der Waals surface area contributed by atoms with E-state index < -0.39 is 0 Å². The van der Waals surface area contributed by atoms with Crippen molar-refractivity contribution in [1.82, 2.24) is 10.4 Å². The topological polar surface area (TPSA) is 24.5 Å². The van der Waals surface area contributed by atoms with Gasteiger partial charge in [0.05, 0.1) is 11.7 Å². The average Bonchev–Trinajstić information content (AvgIpc) is 3.24. The summed E-state index contributed by atoms with van der Waals surface area (Å²) in [6, 6.07) is 19.3. The lowest BCUT2D eigenvalue weighted by Crippen LogP contribution is -2.58. The van der Waals surface area contributed by atoms with E-state index in [1.807, 2.05) is 0 Å². The Morgan fingerprint density at radius 1 is 0.957 bits per heavy atom. The third kappa shape index (κ3) is 1.93. The van der Waals surface area contributed by atoms with Gasteiger partial charge in [-0.25, -0.2) is 0 Å². The number of rotatable bonds is 1. The lowest BCUT2D eigenvalue weighted by molar-refractivity contribution is -0.125. The minimum Gasteiger partial charge on any atom is -0.471 e. The molecule has 0 aromatic heterocycles. The van der Waals surface area contributed by atoms with Gasteiger partial charge in [-0.05, 0) is 30.5 Å². The van der Waals surface area contributed by atoms with Crippen LogP contribution in [-0.2, 0) is 0 Å². The fraction of sp³-hybridized carbons (Fsp3) is 0.300. The zero-order valence-corrected chi connectivity index (χ0v) is 13.0. The molecule has 2 heterocycles. The highest BCUT2D eigenvalue weighted by Gasteiger charge is 2.51. The van der Waals surface area contributed by atoms with Gasteiger partial charge in [-0.2, -0.15) is 5.01 Å². The number of hydrazine groups is 1. The number of para-hydroxylation sites is 1. The van der Waals surface area contributed by atoms with Crippen LogP contribution in [0.5, 0.6) is 5.75 Å². The van der Waals surface area contributed by atoms with Crippen LogP contribution < -0.4 is 10.2 Å². The molecule has 0 radical (unpaired) electrons. The molecule has 1 atom stereocenters. The van der Waals surface area contributed by atoms with E-state index in [-0.39, 0.29) is 11.8 Å². The van der Waals surface area contributed by atoms with Gasteiger partial charge in [0.2, 0.25) is 0 Å². The van der Waals surface area contributed by atoms with E-state index in [4.69, 9.17) is 4.74 Å². The Kier molecular flexibility index (Phi) is 2.79. The van der Waals surface area contributed by atoms with E-state index in [1.165, 1.54) is 29.7 Å². The Bertz CT molecular complexity index is 762. The maximum atomic E-state index is 6.51. The lowest BCUT2D eigenvalue weighted by Gasteiger charge is -2.46. The van der Waals surface area contributed by atoms with Crippen LogP contribution in [0.15, 0.2) is 60.7 Å². The zero-order chi connectivity index (χ0) is 15.3. The molecule has 2 aromatic carbocycles. The summed E-state index contributed by atoms with van der Waals surface area (Å²) in [6.07, 6.45) is 6.97. The van der Waals surface area contributed by atoms with Gasteiger partial charge in [-0.1, -0.05) is 48.5 Å². The van der Waals surface area contributed by atoms with Crippen LogP contribution in [0, 0.1) is 0 Å². The second-order valence-corrected chi connectivity index (χ2v) is 6.67. The predicted octanol–water partition coefficient (Wildman–Crippen LogP) is 4.25. The van der Waals surface area contributed by atoms with Crippen molar-refractivity contribution in [3.63, 3.8) is 0 Å². The molecule has 2 aromatic rings. The van der Waals surface area contributed by atoms with Crippen molar-refractivity contribution in [2.24, 2.45) is 0 Å². The van der Waals surface area contributed by atoms with Gasteiger partial charge in [0.15, 0.2) is 5.72 Å². The summed E-state index contributed by atoms with van der Waals surface area (Å²) >= 11 is 0. The van der Waals surface area contributed by atoms with Crippen molar-refractivity contribution >= 4 is 5.70 Å². The normalized spacial score (nSPS) is 24.5. The van der Waals surface area contributed by atoms with Crippen LogP contribution in [0.1, 0.15) is 42.9 Å². The van der Waals surface area contributed by atoms with E-state index >= 15 is 0 Å². The summed E-state index contributed by atoms with van der Waals surface area (Å²) in [6.45, 7) is 0. The summed E-state index contributed by atoms with van der Waals surface area (Å²) < 4.78 is 6.51. The lowest BCUT2D eigenvalue weighted by atomic mass is 9.98. The van der Waals surface area contributed by atoms with Crippen LogP contribution in [0.25, 0.3) is 5.70 Å². The van der Waals surface area contributed by atoms with Gasteiger partial charge < -0.3 is 10.2 Å². The van der Waals surface area contributed by atoms with E-state index in [0.717, 1.165) is 18.6 Å². The molecule has 0 bridgehead atoms. The second kappa shape index (κ2) is 4.87. The monoisotopic (exact) mass is 304 g/mol. The molecule has 0 amide bonds. The van der Waals surface area contributed by atoms with Crippen molar-refractivity contribution in [1.29, 1.82) is 0 Å². The first kappa shape index (κ1) is 13.2. The Balaban J connectivity index is 1.62. The molecule has 1 saturated carbocycles. The third-order valence-corrected chi connectivity index (χ3v) is 5.29. The van der Waals surface area contributed by atoms with Crippen LogP contribution >= 0.6 is 0 Å². The maximum Gasteiger partial charge on any atom is 0.180 e. The molecule has 1 N–H and O–H groups in total. The number of hydrogen-bond donors (Lipinski definition) is 1. The van der Waals surface area contributed by atoms with Gasteiger partial charge in [0.1, 0.15) is 5.75 Å². The smallest absolute Gasteiger partial charge is 0.180 e. The molecule has 1 fully saturated rings. The second-order valence-electron chi connectivity index (χ2n) is 6.67. The molecule has 0 unspecified atom stereocenters. The molecule has 2 aliphatic heterocycles. The maximum absolute atomic E-state index is 6.51. The van der Waals surface area contributed by atoms with Gasteiger partial charge in [-0.3, -0.25) is 0 Å². The minimum absolute atomic E-state index is 0.202. The van der Waals surface area contributed by atoms with Crippen molar-refractivity contribution in [3.05, 3.63) is 71.8 Å². The number of ether oxygens (including phenoxy) is 1. The molecule has 23 heavy (non-hydrogen) atoms. The van der Waals surface area contributed by atoms with Gasteiger partial charge in [0, 0.05) is 18.4 Å². The fourth-order valence-electron chi connectivity index (χ4n) is 4.17. The van der Waals surface area contributed by atoms with Crippen LogP contribution in [-0.4, -0.2) is 10.7 Å². The largest absolute Gasteiger partial charge is 0.471 e. The fourth-order valence-corrected chi connectivity index (χ4v) is 4.17. The molecular formula is C20H20N2O. The highest BCUT2D eigenvalue weighted by atomic mass is 16.5. The quantitative estimate of drug-likeness (QED) is 0.852. The molecular weight excluding hydrogens is 284 g/mol. The summed E-state index contributed by atoms with van der Waals surface area (Å²) in [7, 11) is 0. The number of hydrogen-bond acceptors (Lipinski definition) is 3. The molecule has 1 aliphatic carbocycles. The SMILES string of the molecule is C1=C(c2ccccc2)NN2[C@@H]1c1ccccc1OC21CCCC1. The predicted molar refractivity (Wildman–Crippen MR) is 90.4 cm³/mol.